The Hall–Kier alpha value is -1.77. The molecule has 0 radical (unpaired) electrons. The van der Waals surface area contributed by atoms with Gasteiger partial charge in [-0.05, 0) is 6.42 Å². The van der Waals surface area contributed by atoms with Crippen molar-refractivity contribution in [2.45, 2.75) is 32.2 Å². The number of carbonyl (C=O) groups is 1. The van der Waals surface area contributed by atoms with Gasteiger partial charge in [0.1, 0.15) is 0 Å². The minimum Gasteiger partial charge on any atom is -0.304 e. The fourth-order valence-electron chi connectivity index (χ4n) is 0.821. The fraction of sp³-hybridized carbons (Fsp3) is 0.625. The van der Waals surface area contributed by atoms with E-state index >= 15 is 0 Å². The van der Waals surface area contributed by atoms with Crippen molar-refractivity contribution in [3.05, 3.63) is 0 Å². The first-order valence-electron chi connectivity index (χ1n) is 4.11. The van der Waals surface area contributed by atoms with E-state index in [2.05, 4.69) is 15.0 Å². The maximum atomic E-state index is 11.0. The van der Waals surface area contributed by atoms with Crippen molar-refractivity contribution >= 4 is 18.1 Å². The van der Waals surface area contributed by atoms with E-state index in [0.717, 1.165) is 18.9 Å². The first-order chi connectivity index (χ1) is 6.76. The Labute approximate surface area is 80.6 Å². The highest BCUT2D eigenvalue weighted by Crippen LogP contribution is 2.06. The molecule has 0 aromatic rings. The minimum absolute atomic E-state index is 0.374. The first-order valence-corrected chi connectivity index (χ1v) is 4.11. The monoisotopic (exact) mass is 198 g/mol. The van der Waals surface area contributed by atoms with Gasteiger partial charge in [0.05, 0.1) is 0 Å². The normalized spacial score (nSPS) is 10.6. The van der Waals surface area contributed by atoms with Gasteiger partial charge in [-0.3, -0.25) is 0 Å². The Bertz CT molecular complexity index is 277. The molecule has 76 valence electrons. The molecule has 0 saturated carbocycles. The predicted molar refractivity (Wildman–Crippen MR) is 45.6 cm³/mol. The zero-order chi connectivity index (χ0) is 10.8. The molecule has 0 rings (SSSR count). The molecule has 0 fully saturated rings. The van der Waals surface area contributed by atoms with Crippen molar-refractivity contribution in [3.8, 4) is 0 Å². The second-order valence-electron chi connectivity index (χ2n) is 2.47. The van der Waals surface area contributed by atoms with Crippen molar-refractivity contribution in [2.75, 3.05) is 0 Å². The molecule has 0 N–H and O–H groups in total. The number of unbranched alkanes of at least 4 members (excludes halogenated alkanes) is 1. The van der Waals surface area contributed by atoms with E-state index in [0.29, 0.717) is 6.42 Å². The number of hydrogen-bond donors (Lipinski definition) is 0. The van der Waals surface area contributed by atoms with Crippen molar-refractivity contribution in [2.24, 2.45) is 10.1 Å². The topological polar surface area (TPSA) is 85.2 Å². The Kier molecular flexibility index (Phi) is 6.86. The number of isocyanates is 2. The van der Waals surface area contributed by atoms with E-state index in [1.165, 1.54) is 6.08 Å². The highest BCUT2D eigenvalue weighted by atomic mass is 16.7. The average molecular weight is 198 g/mol. The maximum Gasteiger partial charge on any atom is 0.361 e. The van der Waals surface area contributed by atoms with Crippen LogP contribution in [0.25, 0.3) is 0 Å². The van der Waals surface area contributed by atoms with E-state index in [9.17, 15) is 14.4 Å². The van der Waals surface area contributed by atoms with Crippen LogP contribution in [-0.2, 0) is 19.2 Å². The molecular formula is C8H10N2O4. The third-order valence-electron chi connectivity index (χ3n) is 1.48. The summed E-state index contributed by atoms with van der Waals surface area (Å²) in [4.78, 5) is 37.9. The zero-order valence-electron chi connectivity index (χ0n) is 7.73. The van der Waals surface area contributed by atoms with Gasteiger partial charge in [-0.15, -0.1) is 0 Å². The summed E-state index contributed by atoms with van der Waals surface area (Å²) < 4.78 is 0. The largest absolute Gasteiger partial charge is 0.361 e. The Morgan fingerprint density at radius 3 is 2.64 bits per heavy atom. The fourth-order valence-corrected chi connectivity index (χ4v) is 0.821. The summed E-state index contributed by atoms with van der Waals surface area (Å²) in [6.45, 7) is 1.93. The maximum absolute atomic E-state index is 11.0. The van der Waals surface area contributed by atoms with Crippen LogP contribution in [0.5, 0.6) is 0 Å². The van der Waals surface area contributed by atoms with E-state index in [1.807, 2.05) is 6.92 Å². The standard InChI is InChI=1S/C8H10N2O4/c1-2-3-4-7(9-5-11)8(13)14-10-6-12/h7H,2-4H2,1H3. The summed E-state index contributed by atoms with van der Waals surface area (Å²) in [5.74, 6) is -0.842. The van der Waals surface area contributed by atoms with Crippen LogP contribution in [0.2, 0.25) is 0 Å². The molecule has 0 aliphatic rings. The van der Waals surface area contributed by atoms with Gasteiger partial charge in [-0.25, -0.2) is 14.4 Å². The molecule has 0 bridgehead atoms. The summed E-state index contributed by atoms with van der Waals surface area (Å²) in [7, 11) is 0. The summed E-state index contributed by atoms with van der Waals surface area (Å²) in [5, 5.41) is 2.64. The molecule has 0 heterocycles. The average Bonchev–Trinajstić information content (AvgIpc) is 2.20. The van der Waals surface area contributed by atoms with Crippen molar-refractivity contribution < 1.29 is 19.2 Å². The van der Waals surface area contributed by atoms with Crippen molar-refractivity contribution in [1.82, 2.24) is 0 Å². The molecule has 6 heteroatoms. The molecule has 0 saturated heterocycles. The van der Waals surface area contributed by atoms with Gasteiger partial charge in [0.2, 0.25) is 6.08 Å². The predicted octanol–water partition coefficient (Wildman–Crippen LogP) is 0.675. The van der Waals surface area contributed by atoms with Gasteiger partial charge < -0.3 is 4.84 Å². The van der Waals surface area contributed by atoms with Gasteiger partial charge in [0.25, 0.3) is 6.08 Å². The van der Waals surface area contributed by atoms with E-state index in [-0.39, 0.29) is 0 Å². The molecule has 1 unspecified atom stereocenters. The third-order valence-corrected chi connectivity index (χ3v) is 1.48. The van der Waals surface area contributed by atoms with Crippen molar-refractivity contribution in [1.29, 1.82) is 0 Å². The lowest BCUT2D eigenvalue weighted by Crippen LogP contribution is -2.19. The van der Waals surface area contributed by atoms with Gasteiger partial charge in [0, 0.05) is 5.16 Å². The summed E-state index contributed by atoms with van der Waals surface area (Å²) in [5.41, 5.74) is 0. The lowest BCUT2D eigenvalue weighted by atomic mass is 10.1. The van der Waals surface area contributed by atoms with Crippen molar-refractivity contribution in [3.63, 3.8) is 0 Å². The Balaban J connectivity index is 4.24. The van der Waals surface area contributed by atoms with Gasteiger partial charge in [-0.1, -0.05) is 19.8 Å². The zero-order valence-corrected chi connectivity index (χ0v) is 7.73. The van der Waals surface area contributed by atoms with Crippen LogP contribution in [-0.4, -0.2) is 24.2 Å². The van der Waals surface area contributed by atoms with E-state index in [4.69, 9.17) is 0 Å². The number of hydrogen-bond acceptors (Lipinski definition) is 6. The van der Waals surface area contributed by atoms with Gasteiger partial charge >= 0.3 is 5.97 Å². The molecule has 0 aliphatic heterocycles. The molecule has 0 aromatic heterocycles. The molecule has 0 aromatic carbocycles. The van der Waals surface area contributed by atoms with E-state index in [1.54, 1.807) is 0 Å². The van der Waals surface area contributed by atoms with Crippen LogP contribution in [0.1, 0.15) is 26.2 Å². The van der Waals surface area contributed by atoms with Crippen LogP contribution in [0.3, 0.4) is 0 Å². The molecule has 14 heavy (non-hydrogen) atoms. The number of rotatable bonds is 6. The number of carbonyl (C=O) groups excluding carboxylic acids is 3. The first kappa shape index (κ1) is 12.2. The SMILES string of the molecule is CCCCC(N=C=O)C(=O)ON=C=O. The Morgan fingerprint density at radius 2 is 2.14 bits per heavy atom. The Morgan fingerprint density at radius 1 is 1.43 bits per heavy atom. The minimum atomic E-state index is -0.926. The lowest BCUT2D eigenvalue weighted by Gasteiger charge is -2.04. The van der Waals surface area contributed by atoms with E-state index < -0.39 is 12.0 Å². The quantitative estimate of drug-likeness (QED) is 0.272. The summed E-state index contributed by atoms with van der Waals surface area (Å²) >= 11 is 0. The summed E-state index contributed by atoms with van der Waals surface area (Å²) in [6, 6.07) is -0.926. The summed E-state index contributed by atoms with van der Waals surface area (Å²) in [6.07, 6.45) is 4.26. The molecule has 1 atom stereocenters. The van der Waals surface area contributed by atoms with Gasteiger partial charge in [0.15, 0.2) is 6.04 Å². The second kappa shape index (κ2) is 7.86. The molecule has 6 nitrogen and oxygen atoms in total. The highest BCUT2D eigenvalue weighted by Gasteiger charge is 2.18. The second-order valence-corrected chi connectivity index (χ2v) is 2.47. The lowest BCUT2D eigenvalue weighted by molar-refractivity contribution is -0.145. The van der Waals surface area contributed by atoms with Crippen LogP contribution in [0.15, 0.2) is 10.1 Å². The third kappa shape index (κ3) is 4.98. The molecular weight excluding hydrogens is 188 g/mol. The van der Waals surface area contributed by atoms with Crippen LogP contribution < -0.4 is 0 Å². The molecule has 0 spiro atoms. The van der Waals surface area contributed by atoms with Crippen LogP contribution in [0.4, 0.5) is 0 Å². The van der Waals surface area contributed by atoms with Crippen LogP contribution >= 0.6 is 0 Å². The highest BCUT2D eigenvalue weighted by molar-refractivity contribution is 5.76. The van der Waals surface area contributed by atoms with Crippen LogP contribution in [0, 0.1) is 0 Å². The molecule has 0 amide bonds. The number of nitrogens with zero attached hydrogens (tertiary/aromatic N) is 2. The molecule has 0 aliphatic carbocycles. The number of aliphatic imine (C=N–C) groups is 1. The smallest absolute Gasteiger partial charge is 0.304 e. The van der Waals surface area contributed by atoms with Gasteiger partial charge in [-0.2, -0.15) is 4.99 Å².